The minimum absolute atomic E-state index is 0.235. The Morgan fingerprint density at radius 1 is 1.38 bits per heavy atom. The summed E-state index contributed by atoms with van der Waals surface area (Å²) in [6.07, 6.45) is 1.87. The van der Waals surface area contributed by atoms with Crippen molar-refractivity contribution in [1.29, 1.82) is 0 Å². The second kappa shape index (κ2) is 5.81. The first-order valence-corrected chi connectivity index (χ1v) is 7.66. The number of ether oxygens (including phenoxy) is 3. The van der Waals surface area contributed by atoms with Gasteiger partial charge < -0.3 is 19.5 Å². The maximum atomic E-state index is 5.46. The average molecular weight is 306 g/mol. The highest BCUT2D eigenvalue weighted by atomic mass is 32.1. The van der Waals surface area contributed by atoms with Gasteiger partial charge in [0.25, 0.3) is 0 Å². The summed E-state index contributed by atoms with van der Waals surface area (Å²) in [4.78, 5) is 5.48. The molecule has 1 aromatic heterocycles. The van der Waals surface area contributed by atoms with E-state index in [1.54, 1.807) is 18.4 Å². The van der Waals surface area contributed by atoms with Gasteiger partial charge in [-0.15, -0.1) is 0 Å². The third-order valence-corrected chi connectivity index (χ3v) is 4.11. The summed E-state index contributed by atoms with van der Waals surface area (Å²) in [6, 6.07) is 3.91. The molecular formula is C15H18N2O3S. The Morgan fingerprint density at radius 3 is 3.00 bits per heavy atom. The zero-order valence-electron chi connectivity index (χ0n) is 12.3. The van der Waals surface area contributed by atoms with Crippen molar-refractivity contribution in [3.05, 3.63) is 18.3 Å². The first kappa shape index (κ1) is 14.0. The van der Waals surface area contributed by atoms with E-state index in [0.717, 1.165) is 27.9 Å². The van der Waals surface area contributed by atoms with Crippen molar-refractivity contribution in [2.24, 2.45) is 5.92 Å². The zero-order valence-corrected chi connectivity index (χ0v) is 13.1. The molecule has 0 aliphatic carbocycles. The molecule has 1 aliphatic rings. The lowest BCUT2D eigenvalue weighted by atomic mass is 10.1. The average Bonchev–Trinajstić information content (AvgIpc) is 3.12. The van der Waals surface area contributed by atoms with E-state index >= 15 is 0 Å². The number of anilines is 1. The number of rotatable bonds is 5. The van der Waals surface area contributed by atoms with E-state index in [1.807, 2.05) is 18.3 Å². The Hall–Kier alpha value is -1.95. The van der Waals surface area contributed by atoms with Gasteiger partial charge in [-0.05, 0) is 18.1 Å². The Kier molecular flexibility index (Phi) is 3.88. The Bertz CT molecular complexity index is 640. The van der Waals surface area contributed by atoms with Crippen LogP contribution in [-0.2, 0) is 0 Å². The van der Waals surface area contributed by atoms with Crippen LogP contribution in [0.1, 0.15) is 13.8 Å². The van der Waals surface area contributed by atoms with Gasteiger partial charge in [-0.25, -0.2) is 4.98 Å². The fraction of sp³-hybridized carbons (Fsp3) is 0.400. The van der Waals surface area contributed by atoms with Crippen LogP contribution in [0.5, 0.6) is 17.2 Å². The van der Waals surface area contributed by atoms with Crippen LogP contribution in [0.4, 0.5) is 5.13 Å². The van der Waals surface area contributed by atoms with Crippen molar-refractivity contribution < 1.29 is 14.2 Å². The third kappa shape index (κ3) is 2.90. The van der Waals surface area contributed by atoms with Crippen molar-refractivity contribution in [2.75, 3.05) is 25.8 Å². The van der Waals surface area contributed by atoms with Crippen LogP contribution in [0, 0.1) is 5.92 Å². The molecule has 0 amide bonds. The lowest BCUT2D eigenvalue weighted by Crippen LogP contribution is -2.07. The van der Waals surface area contributed by atoms with E-state index in [-0.39, 0.29) is 6.79 Å². The Balaban J connectivity index is 1.87. The zero-order chi connectivity index (χ0) is 14.8. The maximum absolute atomic E-state index is 5.46. The summed E-state index contributed by atoms with van der Waals surface area (Å²) >= 11 is 1.62. The molecule has 21 heavy (non-hydrogen) atoms. The molecular weight excluding hydrogens is 288 g/mol. The maximum Gasteiger partial charge on any atom is 0.231 e. The highest BCUT2D eigenvalue weighted by Gasteiger charge is 2.21. The topological polar surface area (TPSA) is 52.6 Å². The lowest BCUT2D eigenvalue weighted by Gasteiger charge is -2.07. The van der Waals surface area contributed by atoms with Gasteiger partial charge in [0, 0.05) is 18.3 Å². The van der Waals surface area contributed by atoms with Crippen LogP contribution in [0.3, 0.4) is 0 Å². The molecule has 0 saturated carbocycles. The molecule has 1 N–H and O–H groups in total. The molecule has 112 valence electrons. The smallest absolute Gasteiger partial charge is 0.231 e. The van der Waals surface area contributed by atoms with Gasteiger partial charge in [-0.2, -0.15) is 0 Å². The SMILES string of the molecule is COc1cc(-c2cnc(NCC(C)C)s2)cc2c1OCO2. The van der Waals surface area contributed by atoms with Gasteiger partial charge in [-0.3, -0.25) is 0 Å². The summed E-state index contributed by atoms with van der Waals surface area (Å²) < 4.78 is 16.2. The minimum atomic E-state index is 0.235. The number of aromatic nitrogens is 1. The molecule has 2 heterocycles. The lowest BCUT2D eigenvalue weighted by molar-refractivity contribution is 0.171. The molecule has 0 saturated heterocycles. The predicted octanol–water partition coefficient (Wildman–Crippen LogP) is 3.62. The van der Waals surface area contributed by atoms with Gasteiger partial charge in [-0.1, -0.05) is 25.2 Å². The summed E-state index contributed by atoms with van der Waals surface area (Å²) in [5.41, 5.74) is 1.02. The molecule has 0 fully saturated rings. The number of hydrogen-bond donors (Lipinski definition) is 1. The van der Waals surface area contributed by atoms with Crippen LogP contribution in [0.15, 0.2) is 18.3 Å². The minimum Gasteiger partial charge on any atom is -0.493 e. The third-order valence-electron chi connectivity index (χ3n) is 3.11. The van der Waals surface area contributed by atoms with Crippen LogP contribution in [0.25, 0.3) is 10.4 Å². The molecule has 1 aliphatic heterocycles. The Labute approximate surface area is 127 Å². The van der Waals surface area contributed by atoms with E-state index in [9.17, 15) is 0 Å². The van der Waals surface area contributed by atoms with Crippen molar-refractivity contribution >= 4 is 16.5 Å². The van der Waals surface area contributed by atoms with E-state index in [1.165, 1.54) is 0 Å². The number of nitrogens with one attached hydrogen (secondary N) is 1. The van der Waals surface area contributed by atoms with Gasteiger partial charge in [0.15, 0.2) is 16.6 Å². The summed E-state index contributed by atoms with van der Waals surface area (Å²) in [5, 5.41) is 4.26. The summed E-state index contributed by atoms with van der Waals surface area (Å²) in [6.45, 7) is 5.49. The van der Waals surface area contributed by atoms with Gasteiger partial charge >= 0.3 is 0 Å². The molecule has 0 bridgehead atoms. The highest BCUT2D eigenvalue weighted by molar-refractivity contribution is 7.18. The van der Waals surface area contributed by atoms with Crippen LogP contribution in [0.2, 0.25) is 0 Å². The molecule has 1 aromatic carbocycles. The van der Waals surface area contributed by atoms with E-state index in [4.69, 9.17) is 14.2 Å². The van der Waals surface area contributed by atoms with Crippen molar-refractivity contribution in [1.82, 2.24) is 4.98 Å². The van der Waals surface area contributed by atoms with Gasteiger partial charge in [0.2, 0.25) is 12.5 Å². The number of methoxy groups -OCH3 is 1. The van der Waals surface area contributed by atoms with E-state index in [2.05, 4.69) is 24.1 Å². The summed E-state index contributed by atoms with van der Waals surface area (Å²) in [5.74, 6) is 2.66. The normalized spacial score (nSPS) is 12.8. The molecule has 0 spiro atoms. The first-order valence-electron chi connectivity index (χ1n) is 6.85. The molecule has 0 radical (unpaired) electrons. The molecule has 0 unspecified atom stereocenters. The largest absolute Gasteiger partial charge is 0.493 e. The molecule has 0 atom stereocenters. The number of hydrogen-bond acceptors (Lipinski definition) is 6. The predicted molar refractivity (Wildman–Crippen MR) is 83.6 cm³/mol. The second-order valence-electron chi connectivity index (χ2n) is 5.22. The monoisotopic (exact) mass is 306 g/mol. The van der Waals surface area contributed by atoms with Crippen molar-refractivity contribution in [3.8, 4) is 27.7 Å². The van der Waals surface area contributed by atoms with Crippen molar-refractivity contribution in [3.63, 3.8) is 0 Å². The highest BCUT2D eigenvalue weighted by Crippen LogP contribution is 2.45. The summed E-state index contributed by atoms with van der Waals surface area (Å²) in [7, 11) is 1.63. The Morgan fingerprint density at radius 2 is 2.24 bits per heavy atom. The van der Waals surface area contributed by atoms with Crippen LogP contribution in [-0.4, -0.2) is 25.4 Å². The second-order valence-corrected chi connectivity index (χ2v) is 6.25. The fourth-order valence-electron chi connectivity index (χ4n) is 2.05. The van der Waals surface area contributed by atoms with Gasteiger partial charge in [0.1, 0.15) is 0 Å². The first-order chi connectivity index (χ1) is 10.2. The van der Waals surface area contributed by atoms with Crippen LogP contribution < -0.4 is 19.5 Å². The number of nitrogens with zero attached hydrogens (tertiary/aromatic N) is 1. The molecule has 5 nitrogen and oxygen atoms in total. The number of benzene rings is 1. The molecule has 6 heteroatoms. The standard InChI is InChI=1S/C15H18N2O3S/c1-9(2)6-16-15-17-7-13(21-15)10-4-11(18-3)14-12(5-10)19-8-20-14/h4-5,7,9H,6,8H2,1-3H3,(H,16,17). The fourth-order valence-corrected chi connectivity index (χ4v) is 2.86. The van der Waals surface area contributed by atoms with Gasteiger partial charge in [0.05, 0.1) is 12.0 Å². The van der Waals surface area contributed by atoms with Crippen molar-refractivity contribution in [2.45, 2.75) is 13.8 Å². The molecule has 2 aromatic rings. The quantitative estimate of drug-likeness (QED) is 0.914. The number of thiazole rings is 1. The number of fused-ring (bicyclic) bond motifs is 1. The van der Waals surface area contributed by atoms with E-state index < -0.39 is 0 Å². The molecule has 3 rings (SSSR count). The van der Waals surface area contributed by atoms with Crippen LogP contribution >= 0.6 is 11.3 Å². The van der Waals surface area contributed by atoms with E-state index in [0.29, 0.717) is 17.4 Å².